The minimum absolute atomic E-state index is 0.0683. The Kier molecular flexibility index (Phi) is 5.03. The maximum absolute atomic E-state index is 12.4. The van der Waals surface area contributed by atoms with Crippen LogP contribution in [0.4, 0.5) is 0 Å². The van der Waals surface area contributed by atoms with Gasteiger partial charge < -0.3 is 10.6 Å². The first-order valence-electron chi connectivity index (χ1n) is 8.16. The van der Waals surface area contributed by atoms with Crippen LogP contribution in [0, 0.1) is 0 Å². The fourth-order valence-electron chi connectivity index (χ4n) is 2.76. The van der Waals surface area contributed by atoms with Gasteiger partial charge in [0.25, 0.3) is 5.91 Å². The Morgan fingerprint density at radius 1 is 1.15 bits per heavy atom. The molecule has 2 N–H and O–H groups in total. The topological polar surface area (TPSA) is 123 Å². The Balaban J connectivity index is 1.72. The third-order valence-electron chi connectivity index (χ3n) is 4.08. The molecule has 0 saturated carbocycles. The van der Waals surface area contributed by atoms with Crippen molar-refractivity contribution in [1.82, 2.24) is 25.6 Å². The molecule has 2 heterocycles. The number of hydrogen-bond donors (Lipinski definition) is 2. The van der Waals surface area contributed by atoms with Crippen LogP contribution in [0.1, 0.15) is 23.8 Å². The lowest BCUT2D eigenvalue weighted by atomic mass is 10.1. The van der Waals surface area contributed by atoms with E-state index in [9.17, 15) is 18.0 Å². The third kappa shape index (κ3) is 4.07. The zero-order valence-corrected chi connectivity index (χ0v) is 14.9. The summed E-state index contributed by atoms with van der Waals surface area (Å²) in [7, 11) is -3.33. The normalized spacial score (nSPS) is 21.3. The lowest BCUT2D eigenvalue weighted by Crippen LogP contribution is -2.50. The van der Waals surface area contributed by atoms with Crippen LogP contribution < -0.4 is 10.6 Å². The summed E-state index contributed by atoms with van der Waals surface area (Å²) in [6.45, 7) is 1.67. The van der Waals surface area contributed by atoms with Crippen molar-refractivity contribution < 1.29 is 18.0 Å². The average molecular weight is 377 g/mol. The Bertz CT molecular complexity index is 910. The number of amides is 2. The highest BCUT2D eigenvalue weighted by atomic mass is 32.2. The van der Waals surface area contributed by atoms with Gasteiger partial charge in [0.1, 0.15) is 0 Å². The SMILES string of the molecule is CCC(=O)N[C@H]1CS(=O)(=O)C[C@H]1NC(=O)c1cn(-c2ccccc2)nn1. The first kappa shape index (κ1) is 18.1. The van der Waals surface area contributed by atoms with E-state index in [0.717, 1.165) is 5.69 Å². The molecule has 3 rings (SSSR count). The van der Waals surface area contributed by atoms with Crippen LogP contribution in [-0.4, -0.2) is 58.8 Å². The van der Waals surface area contributed by atoms with Crippen molar-refractivity contribution in [3.8, 4) is 5.69 Å². The predicted molar refractivity (Wildman–Crippen MR) is 93.5 cm³/mol. The molecule has 1 aromatic carbocycles. The van der Waals surface area contributed by atoms with E-state index in [1.54, 1.807) is 6.92 Å². The van der Waals surface area contributed by atoms with Crippen molar-refractivity contribution in [2.24, 2.45) is 0 Å². The Labute approximate surface area is 150 Å². The molecule has 9 nitrogen and oxygen atoms in total. The van der Waals surface area contributed by atoms with E-state index < -0.39 is 27.8 Å². The van der Waals surface area contributed by atoms with Crippen LogP contribution in [0.5, 0.6) is 0 Å². The number of aromatic nitrogens is 3. The van der Waals surface area contributed by atoms with Gasteiger partial charge >= 0.3 is 0 Å². The Morgan fingerprint density at radius 3 is 2.46 bits per heavy atom. The van der Waals surface area contributed by atoms with Crippen molar-refractivity contribution in [3.05, 3.63) is 42.2 Å². The molecule has 1 aromatic heterocycles. The number of rotatable bonds is 5. The molecule has 1 saturated heterocycles. The molecule has 2 aromatic rings. The number of benzene rings is 1. The Hall–Kier alpha value is -2.75. The molecule has 10 heteroatoms. The molecule has 0 unspecified atom stereocenters. The molecular weight excluding hydrogens is 358 g/mol. The highest BCUT2D eigenvalue weighted by Gasteiger charge is 2.39. The third-order valence-corrected chi connectivity index (χ3v) is 5.82. The fourth-order valence-corrected chi connectivity index (χ4v) is 4.62. The molecule has 26 heavy (non-hydrogen) atoms. The van der Waals surface area contributed by atoms with Crippen molar-refractivity contribution >= 4 is 21.7 Å². The zero-order chi connectivity index (χ0) is 18.7. The second kappa shape index (κ2) is 7.24. The van der Waals surface area contributed by atoms with Gasteiger partial charge in [-0.05, 0) is 12.1 Å². The van der Waals surface area contributed by atoms with Crippen molar-refractivity contribution in [3.63, 3.8) is 0 Å². The van der Waals surface area contributed by atoms with Crippen LogP contribution in [0.15, 0.2) is 36.5 Å². The summed E-state index contributed by atoms with van der Waals surface area (Å²) >= 11 is 0. The fraction of sp³-hybridized carbons (Fsp3) is 0.375. The standard InChI is InChI=1S/C16H19N5O4S/c1-2-15(22)17-13-9-26(24,25)10-14(13)18-16(23)12-8-21(20-19-12)11-6-4-3-5-7-11/h3-8,13-14H,2,9-10H2,1H3,(H,17,22)(H,18,23)/t13-,14+/m0/s1. The second-order valence-electron chi connectivity index (χ2n) is 6.07. The molecule has 0 aliphatic carbocycles. The number of hydrogen-bond acceptors (Lipinski definition) is 6. The molecule has 0 spiro atoms. The van der Waals surface area contributed by atoms with Crippen LogP contribution in [0.25, 0.3) is 5.69 Å². The van der Waals surface area contributed by atoms with Crippen molar-refractivity contribution in [2.75, 3.05) is 11.5 Å². The van der Waals surface area contributed by atoms with E-state index >= 15 is 0 Å². The summed E-state index contributed by atoms with van der Waals surface area (Å²) in [5.74, 6) is -1.22. The molecule has 0 radical (unpaired) electrons. The first-order valence-corrected chi connectivity index (χ1v) is 9.98. The number of carbonyl (C=O) groups excluding carboxylic acids is 2. The monoisotopic (exact) mass is 377 g/mol. The highest BCUT2D eigenvalue weighted by Crippen LogP contribution is 2.14. The summed E-state index contributed by atoms with van der Waals surface area (Å²) in [5.41, 5.74) is 0.814. The summed E-state index contributed by atoms with van der Waals surface area (Å²) in [6, 6.07) is 7.80. The van der Waals surface area contributed by atoms with E-state index in [1.165, 1.54) is 10.9 Å². The number of nitrogens with zero attached hydrogens (tertiary/aromatic N) is 3. The molecule has 1 aliphatic rings. The van der Waals surface area contributed by atoms with Crippen LogP contribution in [-0.2, 0) is 14.6 Å². The number of carbonyl (C=O) groups is 2. The summed E-state index contributed by atoms with van der Waals surface area (Å²) < 4.78 is 25.2. The lowest BCUT2D eigenvalue weighted by molar-refractivity contribution is -0.121. The average Bonchev–Trinajstić information content (AvgIpc) is 3.20. The van der Waals surface area contributed by atoms with Gasteiger partial charge in [-0.15, -0.1) is 5.10 Å². The van der Waals surface area contributed by atoms with E-state index in [2.05, 4.69) is 20.9 Å². The maximum Gasteiger partial charge on any atom is 0.273 e. The largest absolute Gasteiger partial charge is 0.350 e. The minimum Gasteiger partial charge on any atom is -0.350 e. The molecule has 1 fully saturated rings. The summed E-state index contributed by atoms with van der Waals surface area (Å²) in [5, 5.41) is 13.0. The van der Waals surface area contributed by atoms with Gasteiger partial charge in [-0.25, -0.2) is 13.1 Å². The lowest BCUT2D eigenvalue weighted by Gasteiger charge is -2.19. The van der Waals surface area contributed by atoms with E-state index in [4.69, 9.17) is 0 Å². The van der Waals surface area contributed by atoms with Gasteiger partial charge in [-0.3, -0.25) is 9.59 Å². The van der Waals surface area contributed by atoms with Gasteiger partial charge in [-0.1, -0.05) is 30.3 Å². The predicted octanol–water partition coefficient (Wildman–Crippen LogP) is -0.311. The quantitative estimate of drug-likeness (QED) is 0.737. The van der Waals surface area contributed by atoms with Crippen LogP contribution in [0.2, 0.25) is 0 Å². The maximum atomic E-state index is 12.4. The zero-order valence-electron chi connectivity index (χ0n) is 14.1. The second-order valence-corrected chi connectivity index (χ2v) is 8.22. The van der Waals surface area contributed by atoms with E-state index in [1.807, 2.05) is 30.3 Å². The van der Waals surface area contributed by atoms with Crippen LogP contribution >= 0.6 is 0 Å². The smallest absolute Gasteiger partial charge is 0.273 e. The van der Waals surface area contributed by atoms with Gasteiger partial charge in [0.05, 0.1) is 35.5 Å². The number of sulfone groups is 1. The highest BCUT2D eigenvalue weighted by molar-refractivity contribution is 7.91. The van der Waals surface area contributed by atoms with Gasteiger partial charge in [0.15, 0.2) is 15.5 Å². The first-order chi connectivity index (χ1) is 12.4. The summed E-state index contributed by atoms with van der Waals surface area (Å²) in [4.78, 5) is 24.0. The Morgan fingerprint density at radius 2 is 1.81 bits per heavy atom. The molecular formula is C16H19N5O4S. The van der Waals surface area contributed by atoms with Gasteiger partial charge in [-0.2, -0.15) is 0 Å². The summed E-state index contributed by atoms with van der Waals surface area (Å²) in [6.07, 6.45) is 1.70. The van der Waals surface area contributed by atoms with Crippen molar-refractivity contribution in [1.29, 1.82) is 0 Å². The van der Waals surface area contributed by atoms with E-state index in [0.29, 0.717) is 0 Å². The molecule has 138 valence electrons. The molecule has 1 aliphatic heterocycles. The molecule has 2 atom stereocenters. The molecule has 0 bridgehead atoms. The number of nitrogens with one attached hydrogen (secondary N) is 2. The van der Waals surface area contributed by atoms with Crippen molar-refractivity contribution in [2.45, 2.75) is 25.4 Å². The van der Waals surface area contributed by atoms with Gasteiger partial charge in [0.2, 0.25) is 5.91 Å². The minimum atomic E-state index is -3.33. The molecule has 2 amide bonds. The van der Waals surface area contributed by atoms with Crippen LogP contribution in [0.3, 0.4) is 0 Å². The van der Waals surface area contributed by atoms with Gasteiger partial charge in [0, 0.05) is 6.42 Å². The van der Waals surface area contributed by atoms with E-state index in [-0.39, 0.29) is 29.5 Å². The number of para-hydroxylation sites is 1.